The van der Waals surface area contributed by atoms with Gasteiger partial charge in [-0.05, 0) is 55.5 Å². The van der Waals surface area contributed by atoms with Gasteiger partial charge in [-0.2, -0.15) is 0 Å². The first kappa shape index (κ1) is 23.1. The number of ether oxygens (including phenoxy) is 1. The summed E-state index contributed by atoms with van der Waals surface area (Å²) in [6.07, 6.45) is 1.16. The number of hydrogen-bond donors (Lipinski definition) is 3. The van der Waals surface area contributed by atoms with Crippen LogP contribution in [0.15, 0.2) is 60.7 Å². The highest BCUT2D eigenvalue weighted by molar-refractivity contribution is 6.05. The van der Waals surface area contributed by atoms with Gasteiger partial charge in [0.2, 0.25) is 11.8 Å². The quantitative estimate of drug-likeness (QED) is 0.500. The van der Waals surface area contributed by atoms with Gasteiger partial charge in [0.25, 0.3) is 5.91 Å². The van der Waals surface area contributed by atoms with Crippen LogP contribution in [0.1, 0.15) is 30.1 Å². The zero-order chi connectivity index (χ0) is 24.1. The molecule has 0 aromatic heterocycles. The molecule has 0 aliphatic carbocycles. The summed E-state index contributed by atoms with van der Waals surface area (Å²) in [5.74, 6) is -0.561. The molecule has 1 fully saturated rings. The Kier molecular flexibility index (Phi) is 6.96. The van der Waals surface area contributed by atoms with Crippen molar-refractivity contribution < 1.29 is 24.2 Å². The minimum Gasteiger partial charge on any atom is -0.506 e. The summed E-state index contributed by atoms with van der Waals surface area (Å²) in [6.45, 7) is 2.63. The van der Waals surface area contributed by atoms with Crippen LogP contribution in [-0.4, -0.2) is 53.5 Å². The smallest absolute Gasteiger partial charge is 0.258 e. The fourth-order valence-electron chi connectivity index (χ4n) is 4.16. The zero-order valence-electron chi connectivity index (χ0n) is 18.9. The monoisotopic (exact) mass is 461 g/mol. The number of benzene rings is 3. The molecule has 0 saturated carbocycles. The molecule has 3 amide bonds. The molecule has 1 aliphatic rings. The van der Waals surface area contributed by atoms with Gasteiger partial charge in [0, 0.05) is 17.6 Å². The molecule has 4 rings (SSSR count). The van der Waals surface area contributed by atoms with Crippen LogP contribution in [0.4, 0.5) is 5.69 Å². The summed E-state index contributed by atoms with van der Waals surface area (Å²) in [6, 6.07) is 16.9. The maximum Gasteiger partial charge on any atom is 0.258 e. The fraction of sp³-hybridized carbons (Fsp3) is 0.269. The second-order valence-corrected chi connectivity index (χ2v) is 8.06. The number of amides is 3. The summed E-state index contributed by atoms with van der Waals surface area (Å²) in [5.41, 5.74) is 0.749. The largest absolute Gasteiger partial charge is 0.506 e. The van der Waals surface area contributed by atoms with Crippen molar-refractivity contribution >= 4 is 34.2 Å². The number of rotatable bonds is 7. The SMILES string of the molecule is CCOc1ccc(NC(=O)CNC(=O)C2CCCN2C(=O)c2ccc3ccccc3c2O)cc1. The molecule has 0 radical (unpaired) electrons. The maximum absolute atomic E-state index is 13.2. The molecular weight excluding hydrogens is 434 g/mol. The lowest BCUT2D eigenvalue weighted by Crippen LogP contribution is -2.47. The van der Waals surface area contributed by atoms with Gasteiger partial charge in [-0.15, -0.1) is 0 Å². The average molecular weight is 462 g/mol. The zero-order valence-corrected chi connectivity index (χ0v) is 18.9. The van der Waals surface area contributed by atoms with Gasteiger partial charge in [0.05, 0.1) is 18.7 Å². The Morgan fingerprint density at radius 1 is 1.06 bits per heavy atom. The number of anilines is 1. The van der Waals surface area contributed by atoms with Crippen molar-refractivity contribution in [1.29, 1.82) is 0 Å². The maximum atomic E-state index is 13.2. The van der Waals surface area contributed by atoms with E-state index in [4.69, 9.17) is 4.74 Å². The molecular formula is C26H27N3O5. The highest BCUT2D eigenvalue weighted by Gasteiger charge is 2.35. The van der Waals surface area contributed by atoms with E-state index >= 15 is 0 Å². The lowest BCUT2D eigenvalue weighted by atomic mass is 10.0. The van der Waals surface area contributed by atoms with E-state index in [1.54, 1.807) is 48.5 Å². The van der Waals surface area contributed by atoms with Crippen molar-refractivity contribution in [3.8, 4) is 11.5 Å². The van der Waals surface area contributed by atoms with E-state index in [0.717, 1.165) is 5.39 Å². The van der Waals surface area contributed by atoms with E-state index in [0.29, 0.717) is 42.8 Å². The minimum atomic E-state index is -0.698. The summed E-state index contributed by atoms with van der Waals surface area (Å²) < 4.78 is 5.37. The van der Waals surface area contributed by atoms with Gasteiger partial charge in [0.15, 0.2) is 0 Å². The third-order valence-electron chi connectivity index (χ3n) is 5.82. The predicted octanol–water partition coefficient (Wildman–Crippen LogP) is 3.30. The Morgan fingerprint density at radius 2 is 1.82 bits per heavy atom. The molecule has 1 saturated heterocycles. The minimum absolute atomic E-state index is 0.0936. The fourth-order valence-corrected chi connectivity index (χ4v) is 4.16. The van der Waals surface area contributed by atoms with E-state index in [9.17, 15) is 19.5 Å². The van der Waals surface area contributed by atoms with Gasteiger partial charge in [-0.3, -0.25) is 14.4 Å². The molecule has 1 aliphatic heterocycles. The van der Waals surface area contributed by atoms with E-state index < -0.39 is 17.9 Å². The van der Waals surface area contributed by atoms with E-state index in [-0.39, 0.29) is 23.8 Å². The second kappa shape index (κ2) is 10.2. The third-order valence-corrected chi connectivity index (χ3v) is 5.82. The van der Waals surface area contributed by atoms with Gasteiger partial charge >= 0.3 is 0 Å². The number of nitrogens with zero attached hydrogens (tertiary/aromatic N) is 1. The normalized spacial score (nSPS) is 15.2. The highest BCUT2D eigenvalue weighted by Crippen LogP contribution is 2.31. The molecule has 3 N–H and O–H groups in total. The van der Waals surface area contributed by atoms with Crippen LogP contribution in [0.25, 0.3) is 10.8 Å². The molecule has 3 aromatic rings. The molecule has 8 nitrogen and oxygen atoms in total. The number of hydrogen-bond acceptors (Lipinski definition) is 5. The Balaban J connectivity index is 1.37. The van der Waals surface area contributed by atoms with Crippen LogP contribution in [-0.2, 0) is 9.59 Å². The van der Waals surface area contributed by atoms with Crippen molar-refractivity contribution in [2.45, 2.75) is 25.8 Å². The second-order valence-electron chi connectivity index (χ2n) is 8.06. The number of nitrogens with one attached hydrogen (secondary N) is 2. The van der Waals surface area contributed by atoms with Crippen molar-refractivity contribution in [1.82, 2.24) is 10.2 Å². The topological polar surface area (TPSA) is 108 Å². The predicted molar refractivity (Wildman–Crippen MR) is 129 cm³/mol. The average Bonchev–Trinajstić information content (AvgIpc) is 3.34. The van der Waals surface area contributed by atoms with Crippen molar-refractivity contribution in [3.63, 3.8) is 0 Å². The molecule has 1 heterocycles. The van der Waals surface area contributed by atoms with E-state index in [1.807, 2.05) is 19.1 Å². The van der Waals surface area contributed by atoms with Crippen LogP contribution in [0.5, 0.6) is 11.5 Å². The third kappa shape index (κ3) is 4.96. The summed E-state index contributed by atoms with van der Waals surface area (Å²) in [4.78, 5) is 39.7. The summed E-state index contributed by atoms with van der Waals surface area (Å²) >= 11 is 0. The number of carbonyl (C=O) groups excluding carboxylic acids is 3. The molecule has 1 unspecified atom stereocenters. The number of aromatic hydroxyl groups is 1. The molecule has 0 spiro atoms. The Morgan fingerprint density at radius 3 is 2.59 bits per heavy atom. The van der Waals surface area contributed by atoms with Gasteiger partial charge in [0.1, 0.15) is 17.5 Å². The lowest BCUT2D eigenvalue weighted by Gasteiger charge is -2.24. The van der Waals surface area contributed by atoms with Gasteiger partial charge in [-0.25, -0.2) is 0 Å². The summed E-state index contributed by atoms with van der Waals surface area (Å²) in [7, 11) is 0. The van der Waals surface area contributed by atoms with Crippen molar-refractivity contribution in [2.75, 3.05) is 25.0 Å². The van der Waals surface area contributed by atoms with Crippen molar-refractivity contribution in [2.24, 2.45) is 0 Å². The number of carbonyl (C=O) groups is 3. The lowest BCUT2D eigenvalue weighted by molar-refractivity contribution is -0.127. The van der Waals surface area contributed by atoms with E-state index in [2.05, 4.69) is 10.6 Å². The number of phenolic OH excluding ortho intramolecular Hbond substituents is 1. The first-order chi connectivity index (χ1) is 16.5. The van der Waals surface area contributed by atoms with Crippen molar-refractivity contribution in [3.05, 3.63) is 66.2 Å². The number of likely N-dealkylation sites (tertiary alicyclic amines) is 1. The van der Waals surface area contributed by atoms with Crippen LogP contribution in [0.3, 0.4) is 0 Å². The first-order valence-corrected chi connectivity index (χ1v) is 11.3. The standard InChI is InChI=1S/C26H27N3O5/c1-2-34-19-12-10-18(11-13-19)28-23(30)16-27-25(32)22-8-5-15-29(22)26(33)21-14-9-17-6-3-4-7-20(17)24(21)31/h3-4,6-7,9-14,22,31H,2,5,8,15-16H2,1H3,(H,27,32)(H,28,30). The molecule has 1 atom stereocenters. The van der Waals surface area contributed by atoms with Gasteiger partial charge < -0.3 is 25.4 Å². The number of phenols is 1. The molecule has 34 heavy (non-hydrogen) atoms. The van der Waals surface area contributed by atoms with Crippen LogP contribution in [0.2, 0.25) is 0 Å². The summed E-state index contributed by atoms with van der Waals surface area (Å²) in [5, 5.41) is 17.4. The molecule has 8 heteroatoms. The molecule has 176 valence electrons. The Labute approximate surface area is 197 Å². The highest BCUT2D eigenvalue weighted by atomic mass is 16.5. The van der Waals surface area contributed by atoms with Crippen LogP contribution < -0.4 is 15.4 Å². The number of fused-ring (bicyclic) bond motifs is 1. The molecule has 0 bridgehead atoms. The van der Waals surface area contributed by atoms with Crippen LogP contribution >= 0.6 is 0 Å². The van der Waals surface area contributed by atoms with Crippen LogP contribution in [0, 0.1) is 0 Å². The van der Waals surface area contributed by atoms with Gasteiger partial charge in [-0.1, -0.05) is 30.3 Å². The Hall–Kier alpha value is -4.07. The first-order valence-electron chi connectivity index (χ1n) is 11.3. The van der Waals surface area contributed by atoms with E-state index in [1.165, 1.54) is 4.90 Å². The molecule has 3 aromatic carbocycles. The Bertz CT molecular complexity index is 1210.